The third kappa shape index (κ3) is 4.17. The molecule has 2 amide bonds. The van der Waals surface area contributed by atoms with E-state index >= 15 is 0 Å². The SMILES string of the molecule is Cc1cc(C(=O)N2CCC[C@@H]2C(=O)NCC(F)(F)F)c2ccc(F)cc2n1. The van der Waals surface area contributed by atoms with E-state index in [4.69, 9.17) is 0 Å². The Balaban J connectivity index is 1.89. The van der Waals surface area contributed by atoms with Gasteiger partial charge in [0.25, 0.3) is 5.91 Å². The van der Waals surface area contributed by atoms with Gasteiger partial charge in [-0.15, -0.1) is 0 Å². The second-order valence-corrected chi connectivity index (χ2v) is 6.46. The molecule has 0 bridgehead atoms. The Kier molecular flexibility index (Phi) is 5.03. The third-order valence-corrected chi connectivity index (χ3v) is 4.41. The van der Waals surface area contributed by atoms with E-state index < -0.39 is 36.4 Å². The zero-order chi connectivity index (χ0) is 19.8. The van der Waals surface area contributed by atoms with Crippen LogP contribution in [0.4, 0.5) is 17.6 Å². The van der Waals surface area contributed by atoms with E-state index in [1.807, 2.05) is 5.32 Å². The average molecular weight is 383 g/mol. The highest BCUT2D eigenvalue weighted by molar-refractivity contribution is 6.07. The number of nitrogens with one attached hydrogen (secondary N) is 1. The molecule has 0 unspecified atom stereocenters. The molecule has 0 aliphatic carbocycles. The molecule has 2 heterocycles. The number of alkyl halides is 3. The molecule has 1 fully saturated rings. The van der Waals surface area contributed by atoms with Crippen LogP contribution in [0.2, 0.25) is 0 Å². The lowest BCUT2D eigenvalue weighted by atomic mass is 10.1. The second kappa shape index (κ2) is 7.13. The number of likely N-dealkylation sites (tertiary alicyclic amines) is 1. The Morgan fingerprint density at radius 1 is 1.30 bits per heavy atom. The summed E-state index contributed by atoms with van der Waals surface area (Å²) in [5, 5.41) is 2.26. The lowest BCUT2D eigenvalue weighted by Gasteiger charge is -2.25. The van der Waals surface area contributed by atoms with Gasteiger partial charge in [-0.2, -0.15) is 13.2 Å². The van der Waals surface area contributed by atoms with Gasteiger partial charge >= 0.3 is 6.18 Å². The van der Waals surface area contributed by atoms with E-state index in [0.717, 1.165) is 0 Å². The average Bonchev–Trinajstić information content (AvgIpc) is 3.07. The molecule has 1 aliphatic heterocycles. The number of hydrogen-bond donors (Lipinski definition) is 1. The van der Waals surface area contributed by atoms with Gasteiger partial charge in [0, 0.05) is 23.7 Å². The number of carbonyl (C=O) groups excluding carboxylic acids is 2. The summed E-state index contributed by atoms with van der Waals surface area (Å²) in [4.78, 5) is 30.6. The first-order valence-corrected chi connectivity index (χ1v) is 8.38. The fourth-order valence-corrected chi connectivity index (χ4v) is 3.25. The minimum Gasteiger partial charge on any atom is -0.345 e. The summed E-state index contributed by atoms with van der Waals surface area (Å²) in [6.07, 6.45) is -3.73. The predicted molar refractivity (Wildman–Crippen MR) is 89.6 cm³/mol. The summed E-state index contributed by atoms with van der Waals surface area (Å²) < 4.78 is 50.5. The van der Waals surface area contributed by atoms with E-state index in [9.17, 15) is 27.2 Å². The van der Waals surface area contributed by atoms with Gasteiger partial charge in [-0.3, -0.25) is 14.6 Å². The van der Waals surface area contributed by atoms with E-state index in [1.54, 1.807) is 6.92 Å². The molecule has 5 nitrogen and oxygen atoms in total. The number of carbonyl (C=O) groups is 2. The fraction of sp³-hybridized carbons (Fsp3) is 0.389. The maximum Gasteiger partial charge on any atom is 0.405 e. The minimum absolute atomic E-state index is 0.244. The largest absolute Gasteiger partial charge is 0.405 e. The monoisotopic (exact) mass is 383 g/mol. The molecular formula is C18H17F4N3O2. The number of aryl methyl sites for hydroxylation is 1. The maximum absolute atomic E-state index is 13.5. The molecule has 1 aliphatic rings. The van der Waals surface area contributed by atoms with Crippen molar-refractivity contribution in [1.29, 1.82) is 0 Å². The molecule has 2 aromatic rings. The van der Waals surface area contributed by atoms with Crippen molar-refractivity contribution in [3.63, 3.8) is 0 Å². The molecular weight excluding hydrogens is 366 g/mol. The van der Waals surface area contributed by atoms with Gasteiger partial charge in [0.15, 0.2) is 0 Å². The first-order chi connectivity index (χ1) is 12.7. The molecule has 1 aromatic heterocycles. The van der Waals surface area contributed by atoms with Crippen LogP contribution in [0.25, 0.3) is 10.9 Å². The topological polar surface area (TPSA) is 62.3 Å². The van der Waals surface area contributed by atoms with Crippen LogP contribution >= 0.6 is 0 Å². The summed E-state index contributed by atoms with van der Waals surface area (Å²) in [5.41, 5.74) is 1.04. The van der Waals surface area contributed by atoms with Crippen molar-refractivity contribution in [3.05, 3.63) is 41.3 Å². The van der Waals surface area contributed by atoms with Crippen molar-refractivity contribution in [3.8, 4) is 0 Å². The quantitative estimate of drug-likeness (QED) is 0.829. The number of halogens is 4. The Morgan fingerprint density at radius 3 is 2.74 bits per heavy atom. The molecule has 144 valence electrons. The highest BCUT2D eigenvalue weighted by Crippen LogP contribution is 2.26. The van der Waals surface area contributed by atoms with Crippen LogP contribution in [-0.2, 0) is 4.79 Å². The normalized spacial score (nSPS) is 17.4. The molecule has 27 heavy (non-hydrogen) atoms. The van der Waals surface area contributed by atoms with Crippen LogP contribution in [0.5, 0.6) is 0 Å². The van der Waals surface area contributed by atoms with Crippen LogP contribution in [0, 0.1) is 12.7 Å². The number of amides is 2. The Labute approximate surface area is 152 Å². The van der Waals surface area contributed by atoms with E-state index in [-0.39, 0.29) is 18.5 Å². The van der Waals surface area contributed by atoms with Crippen molar-refractivity contribution in [1.82, 2.24) is 15.2 Å². The minimum atomic E-state index is -4.52. The van der Waals surface area contributed by atoms with Gasteiger partial charge in [0.1, 0.15) is 18.4 Å². The summed E-state index contributed by atoms with van der Waals surface area (Å²) in [7, 11) is 0. The van der Waals surface area contributed by atoms with Crippen LogP contribution in [0.1, 0.15) is 28.9 Å². The van der Waals surface area contributed by atoms with Gasteiger partial charge in [0.2, 0.25) is 5.91 Å². The second-order valence-electron chi connectivity index (χ2n) is 6.46. The lowest BCUT2D eigenvalue weighted by Crippen LogP contribution is -2.48. The summed E-state index contributed by atoms with van der Waals surface area (Å²) in [6, 6.07) is 4.40. The highest BCUT2D eigenvalue weighted by Gasteiger charge is 2.37. The number of rotatable bonds is 3. The van der Waals surface area contributed by atoms with Gasteiger partial charge in [-0.05, 0) is 38.0 Å². The van der Waals surface area contributed by atoms with E-state index in [2.05, 4.69) is 4.98 Å². The standard InChI is InChI=1S/C18H17F4N3O2/c1-10-7-13(12-5-4-11(19)8-14(12)24-10)17(27)25-6-2-3-15(25)16(26)23-9-18(20,21)22/h4-5,7-8,15H,2-3,6,9H2,1H3,(H,23,26)/t15-/m1/s1. The van der Waals surface area contributed by atoms with Crippen molar-refractivity contribution in [2.24, 2.45) is 0 Å². The number of pyridine rings is 1. The van der Waals surface area contributed by atoms with Crippen molar-refractivity contribution in [2.45, 2.75) is 32.0 Å². The van der Waals surface area contributed by atoms with E-state index in [0.29, 0.717) is 23.0 Å². The van der Waals surface area contributed by atoms with Crippen LogP contribution in [-0.4, -0.2) is 47.0 Å². The first kappa shape index (κ1) is 19.1. The molecule has 1 N–H and O–H groups in total. The maximum atomic E-state index is 13.5. The Morgan fingerprint density at radius 2 is 2.04 bits per heavy atom. The Bertz CT molecular complexity index is 893. The molecule has 1 aromatic carbocycles. The zero-order valence-electron chi connectivity index (χ0n) is 14.4. The summed E-state index contributed by atoms with van der Waals surface area (Å²) in [5.74, 6) is -1.81. The zero-order valence-corrected chi connectivity index (χ0v) is 14.4. The van der Waals surface area contributed by atoms with Crippen molar-refractivity contribution < 1.29 is 27.2 Å². The first-order valence-electron chi connectivity index (χ1n) is 8.38. The predicted octanol–water partition coefficient (Wildman–Crippen LogP) is 2.97. The molecule has 0 spiro atoms. The molecule has 3 rings (SSSR count). The molecule has 0 saturated carbocycles. The molecule has 1 atom stereocenters. The highest BCUT2D eigenvalue weighted by atomic mass is 19.4. The van der Waals surface area contributed by atoms with Gasteiger partial charge in [0.05, 0.1) is 11.1 Å². The van der Waals surface area contributed by atoms with Crippen LogP contribution < -0.4 is 5.32 Å². The fourth-order valence-electron chi connectivity index (χ4n) is 3.25. The lowest BCUT2D eigenvalue weighted by molar-refractivity contribution is -0.140. The third-order valence-electron chi connectivity index (χ3n) is 4.41. The van der Waals surface area contributed by atoms with Gasteiger partial charge < -0.3 is 10.2 Å². The molecule has 0 radical (unpaired) electrons. The van der Waals surface area contributed by atoms with Crippen molar-refractivity contribution in [2.75, 3.05) is 13.1 Å². The summed E-state index contributed by atoms with van der Waals surface area (Å²) in [6.45, 7) is 0.465. The van der Waals surface area contributed by atoms with Crippen molar-refractivity contribution >= 4 is 22.7 Å². The molecule has 1 saturated heterocycles. The number of benzene rings is 1. The molecule has 9 heteroatoms. The van der Waals surface area contributed by atoms with Gasteiger partial charge in [-0.25, -0.2) is 4.39 Å². The number of hydrogen-bond acceptors (Lipinski definition) is 3. The van der Waals surface area contributed by atoms with Crippen LogP contribution in [0.15, 0.2) is 24.3 Å². The number of aromatic nitrogens is 1. The van der Waals surface area contributed by atoms with Crippen LogP contribution in [0.3, 0.4) is 0 Å². The number of fused-ring (bicyclic) bond motifs is 1. The number of nitrogens with zero attached hydrogens (tertiary/aromatic N) is 2. The summed E-state index contributed by atoms with van der Waals surface area (Å²) >= 11 is 0. The smallest absolute Gasteiger partial charge is 0.345 e. The Hall–Kier alpha value is -2.71. The van der Waals surface area contributed by atoms with E-state index in [1.165, 1.54) is 29.2 Å². The van der Waals surface area contributed by atoms with Gasteiger partial charge in [-0.1, -0.05) is 0 Å².